The molecule has 3 nitrogen and oxygen atoms in total. The Morgan fingerprint density at radius 1 is 1.60 bits per heavy atom. The molecule has 0 spiro atoms. The zero-order chi connectivity index (χ0) is 11.5. The summed E-state index contributed by atoms with van der Waals surface area (Å²) in [5, 5.41) is -0.0887. The molecule has 0 aromatic carbocycles. The number of pyridine rings is 1. The van der Waals surface area contributed by atoms with Crippen LogP contribution in [0.5, 0.6) is 5.88 Å². The Kier molecular flexibility index (Phi) is 3.82. The van der Waals surface area contributed by atoms with Gasteiger partial charge in [0.25, 0.3) is 5.92 Å². The molecule has 0 amide bonds. The lowest BCUT2D eigenvalue weighted by atomic mass is 10.1. The van der Waals surface area contributed by atoms with Crippen molar-refractivity contribution in [3.63, 3.8) is 0 Å². The molecule has 15 heavy (non-hydrogen) atoms. The Morgan fingerprint density at radius 2 is 2.27 bits per heavy atom. The smallest absolute Gasteiger partial charge is 0.276 e. The van der Waals surface area contributed by atoms with Crippen LogP contribution < -0.4 is 10.5 Å². The van der Waals surface area contributed by atoms with Gasteiger partial charge in [0.2, 0.25) is 5.88 Å². The number of methoxy groups -OCH3 is 1. The molecule has 1 rings (SSSR count). The SMILES string of the molecule is COc1cc(C(F)(F)CCN)c(Cl)cn1. The monoisotopic (exact) mass is 236 g/mol. The third kappa shape index (κ3) is 2.76. The third-order valence-corrected chi connectivity index (χ3v) is 2.19. The molecule has 0 fully saturated rings. The first-order valence-electron chi connectivity index (χ1n) is 4.29. The molecular formula is C9H11ClF2N2O. The fourth-order valence-electron chi connectivity index (χ4n) is 1.13. The van der Waals surface area contributed by atoms with Gasteiger partial charge in [-0.3, -0.25) is 0 Å². The van der Waals surface area contributed by atoms with Crippen molar-refractivity contribution in [2.45, 2.75) is 12.3 Å². The van der Waals surface area contributed by atoms with Crippen molar-refractivity contribution in [2.24, 2.45) is 5.73 Å². The van der Waals surface area contributed by atoms with Gasteiger partial charge in [0.1, 0.15) is 0 Å². The summed E-state index contributed by atoms with van der Waals surface area (Å²) in [4.78, 5) is 3.71. The van der Waals surface area contributed by atoms with Crippen LogP contribution in [0.1, 0.15) is 12.0 Å². The van der Waals surface area contributed by atoms with Crippen molar-refractivity contribution >= 4 is 11.6 Å². The van der Waals surface area contributed by atoms with E-state index in [0.717, 1.165) is 12.3 Å². The number of hydrogen-bond acceptors (Lipinski definition) is 3. The van der Waals surface area contributed by atoms with Gasteiger partial charge < -0.3 is 10.5 Å². The van der Waals surface area contributed by atoms with E-state index in [1.54, 1.807) is 0 Å². The van der Waals surface area contributed by atoms with Crippen LogP contribution >= 0.6 is 11.6 Å². The third-order valence-electron chi connectivity index (χ3n) is 1.89. The second kappa shape index (κ2) is 4.72. The molecule has 0 atom stereocenters. The maximum Gasteiger partial charge on any atom is 0.276 e. The van der Waals surface area contributed by atoms with E-state index in [4.69, 9.17) is 22.1 Å². The van der Waals surface area contributed by atoms with Crippen molar-refractivity contribution < 1.29 is 13.5 Å². The molecule has 84 valence electrons. The average Bonchev–Trinajstić information content (AvgIpc) is 2.18. The Balaban J connectivity index is 3.11. The van der Waals surface area contributed by atoms with E-state index >= 15 is 0 Å². The van der Waals surface area contributed by atoms with Crippen molar-refractivity contribution in [3.05, 3.63) is 22.8 Å². The van der Waals surface area contributed by atoms with E-state index in [1.807, 2.05) is 0 Å². The van der Waals surface area contributed by atoms with E-state index in [2.05, 4.69) is 4.98 Å². The first-order chi connectivity index (χ1) is 7.01. The van der Waals surface area contributed by atoms with Crippen molar-refractivity contribution in [1.82, 2.24) is 4.98 Å². The lowest BCUT2D eigenvalue weighted by molar-refractivity contribution is -0.0108. The molecule has 0 saturated heterocycles. The van der Waals surface area contributed by atoms with Crippen LogP contribution in [0.25, 0.3) is 0 Å². The Labute approximate surface area is 91.2 Å². The van der Waals surface area contributed by atoms with Gasteiger partial charge >= 0.3 is 0 Å². The number of aromatic nitrogens is 1. The molecule has 0 aliphatic heterocycles. The molecule has 0 unspecified atom stereocenters. The van der Waals surface area contributed by atoms with Crippen LogP contribution in [-0.2, 0) is 5.92 Å². The van der Waals surface area contributed by atoms with Crippen LogP contribution in [0.15, 0.2) is 12.3 Å². The molecule has 6 heteroatoms. The first kappa shape index (κ1) is 12.1. The van der Waals surface area contributed by atoms with Gasteiger partial charge in [-0.15, -0.1) is 0 Å². The predicted octanol–water partition coefficient (Wildman–Crippen LogP) is 2.18. The summed E-state index contributed by atoms with van der Waals surface area (Å²) >= 11 is 5.63. The highest BCUT2D eigenvalue weighted by Crippen LogP contribution is 2.36. The van der Waals surface area contributed by atoms with Gasteiger partial charge in [-0.25, -0.2) is 13.8 Å². The Morgan fingerprint density at radius 3 is 2.80 bits per heavy atom. The Bertz CT molecular complexity index is 347. The lowest BCUT2D eigenvalue weighted by Crippen LogP contribution is -2.19. The summed E-state index contributed by atoms with van der Waals surface area (Å²) in [5.74, 6) is -2.95. The highest BCUT2D eigenvalue weighted by molar-refractivity contribution is 6.31. The molecule has 1 aromatic rings. The standard InChI is InChI=1S/C9H11ClF2N2O/c1-15-8-4-6(7(10)5-14-8)9(11,12)2-3-13/h4-5H,2-3,13H2,1H3. The molecule has 0 aliphatic carbocycles. The van der Waals surface area contributed by atoms with Crippen LogP contribution in [-0.4, -0.2) is 18.6 Å². The van der Waals surface area contributed by atoms with Crippen LogP contribution in [0.4, 0.5) is 8.78 Å². The van der Waals surface area contributed by atoms with Crippen LogP contribution in [0.2, 0.25) is 5.02 Å². The number of halogens is 3. The topological polar surface area (TPSA) is 48.1 Å². The van der Waals surface area contributed by atoms with E-state index in [9.17, 15) is 8.78 Å². The van der Waals surface area contributed by atoms with Gasteiger partial charge in [-0.05, 0) is 6.54 Å². The number of hydrogen-bond donors (Lipinski definition) is 1. The lowest BCUT2D eigenvalue weighted by Gasteiger charge is -2.17. The van der Waals surface area contributed by atoms with Gasteiger partial charge in [-0.2, -0.15) is 0 Å². The van der Waals surface area contributed by atoms with Gasteiger partial charge in [0, 0.05) is 18.1 Å². The largest absolute Gasteiger partial charge is 0.481 e. The van der Waals surface area contributed by atoms with Crippen LogP contribution in [0.3, 0.4) is 0 Å². The second-order valence-corrected chi connectivity index (χ2v) is 3.36. The quantitative estimate of drug-likeness (QED) is 0.872. The summed E-state index contributed by atoms with van der Waals surface area (Å²) in [6.07, 6.45) is 0.681. The molecule has 0 bridgehead atoms. The van der Waals surface area contributed by atoms with E-state index in [1.165, 1.54) is 7.11 Å². The minimum atomic E-state index is -3.05. The fraction of sp³-hybridized carbons (Fsp3) is 0.444. The van der Waals surface area contributed by atoms with Gasteiger partial charge in [0.15, 0.2) is 0 Å². The first-order valence-corrected chi connectivity index (χ1v) is 4.67. The summed E-state index contributed by atoms with van der Waals surface area (Å²) < 4.78 is 31.7. The Hall–Kier alpha value is -0.940. The highest BCUT2D eigenvalue weighted by atomic mass is 35.5. The van der Waals surface area contributed by atoms with E-state index in [0.29, 0.717) is 0 Å². The normalized spacial score (nSPS) is 11.5. The fourth-order valence-corrected chi connectivity index (χ4v) is 1.37. The van der Waals surface area contributed by atoms with Crippen molar-refractivity contribution in [2.75, 3.05) is 13.7 Å². The summed E-state index contributed by atoms with van der Waals surface area (Å²) in [6.45, 7) is -0.117. The molecular weight excluding hydrogens is 226 g/mol. The zero-order valence-electron chi connectivity index (χ0n) is 8.14. The summed E-state index contributed by atoms with van der Waals surface area (Å²) in [7, 11) is 1.35. The highest BCUT2D eigenvalue weighted by Gasteiger charge is 2.33. The molecule has 1 heterocycles. The molecule has 2 N–H and O–H groups in total. The zero-order valence-corrected chi connectivity index (χ0v) is 8.89. The van der Waals surface area contributed by atoms with E-state index in [-0.39, 0.29) is 23.0 Å². The van der Waals surface area contributed by atoms with E-state index < -0.39 is 12.3 Å². The second-order valence-electron chi connectivity index (χ2n) is 2.95. The number of rotatable bonds is 4. The number of nitrogens with two attached hydrogens (primary N) is 1. The van der Waals surface area contributed by atoms with Crippen LogP contribution in [0, 0.1) is 0 Å². The molecule has 0 radical (unpaired) electrons. The molecule has 0 saturated carbocycles. The molecule has 0 aliphatic rings. The molecule has 1 aromatic heterocycles. The predicted molar refractivity (Wildman–Crippen MR) is 53.4 cm³/mol. The average molecular weight is 237 g/mol. The number of nitrogens with zero attached hydrogens (tertiary/aromatic N) is 1. The number of alkyl halides is 2. The maximum atomic E-state index is 13.5. The minimum absolute atomic E-state index is 0.0887. The van der Waals surface area contributed by atoms with Crippen molar-refractivity contribution in [3.8, 4) is 5.88 Å². The minimum Gasteiger partial charge on any atom is -0.481 e. The summed E-state index contributed by atoms with van der Waals surface area (Å²) in [5.41, 5.74) is 4.80. The summed E-state index contributed by atoms with van der Waals surface area (Å²) in [6, 6.07) is 1.12. The van der Waals surface area contributed by atoms with Gasteiger partial charge in [0.05, 0.1) is 18.3 Å². The number of ether oxygens (including phenoxy) is 1. The van der Waals surface area contributed by atoms with Gasteiger partial charge in [-0.1, -0.05) is 11.6 Å². The maximum absolute atomic E-state index is 13.5. The van der Waals surface area contributed by atoms with Crippen molar-refractivity contribution in [1.29, 1.82) is 0 Å².